The van der Waals surface area contributed by atoms with Crippen LogP contribution in [0.25, 0.3) is 0 Å². The summed E-state index contributed by atoms with van der Waals surface area (Å²) < 4.78 is 1.32. The molecule has 0 atom stereocenters. The summed E-state index contributed by atoms with van der Waals surface area (Å²) in [6.45, 7) is 3.95. The number of carbonyl (C=O) groups is 2. The maximum absolute atomic E-state index is 11.8. The number of benzene rings is 1. The van der Waals surface area contributed by atoms with Gasteiger partial charge < -0.3 is 5.32 Å². The van der Waals surface area contributed by atoms with E-state index in [9.17, 15) is 9.59 Å². The van der Waals surface area contributed by atoms with Crippen molar-refractivity contribution in [2.45, 2.75) is 20.4 Å². The van der Waals surface area contributed by atoms with Gasteiger partial charge >= 0.3 is 0 Å². The Hall–Kier alpha value is -2.50. The summed E-state index contributed by atoms with van der Waals surface area (Å²) in [6, 6.07) is 5.79. The minimum absolute atomic E-state index is 0.0220. The van der Waals surface area contributed by atoms with Crippen molar-refractivity contribution in [3.8, 4) is 0 Å². The first-order chi connectivity index (χ1) is 9.08. The Balaban J connectivity index is 2.02. The second-order valence-corrected chi connectivity index (χ2v) is 4.33. The van der Waals surface area contributed by atoms with Crippen LogP contribution in [0.2, 0.25) is 0 Å². The third-order valence-corrected chi connectivity index (χ3v) is 2.64. The van der Waals surface area contributed by atoms with Gasteiger partial charge in [-0.1, -0.05) is 22.9 Å². The van der Waals surface area contributed by atoms with Crippen LogP contribution in [0.1, 0.15) is 21.6 Å². The van der Waals surface area contributed by atoms with Gasteiger partial charge in [-0.25, -0.2) is 4.68 Å². The molecule has 0 radical (unpaired) electrons. The van der Waals surface area contributed by atoms with Crippen LogP contribution < -0.4 is 5.32 Å². The van der Waals surface area contributed by atoms with Crippen molar-refractivity contribution in [2.75, 3.05) is 5.32 Å². The molecule has 0 fully saturated rings. The molecule has 0 aliphatic carbocycles. The van der Waals surface area contributed by atoms with E-state index in [0.29, 0.717) is 6.29 Å². The van der Waals surface area contributed by atoms with E-state index in [2.05, 4.69) is 15.6 Å². The second kappa shape index (κ2) is 5.43. The molecule has 0 saturated heterocycles. The smallest absolute Gasteiger partial charge is 0.246 e. The van der Waals surface area contributed by atoms with E-state index >= 15 is 0 Å². The van der Waals surface area contributed by atoms with Crippen LogP contribution >= 0.6 is 0 Å². The third kappa shape index (κ3) is 3.25. The van der Waals surface area contributed by atoms with Crippen LogP contribution in [0.15, 0.2) is 24.4 Å². The Morgan fingerprint density at radius 3 is 2.84 bits per heavy atom. The first-order valence-corrected chi connectivity index (χ1v) is 5.81. The van der Waals surface area contributed by atoms with E-state index in [1.807, 2.05) is 32.0 Å². The Kier molecular flexibility index (Phi) is 3.70. The minimum atomic E-state index is -0.214. The summed E-state index contributed by atoms with van der Waals surface area (Å²) in [6.07, 6.45) is 2.01. The number of hydrogen-bond acceptors (Lipinski definition) is 4. The molecule has 0 aliphatic heterocycles. The van der Waals surface area contributed by atoms with E-state index in [1.54, 1.807) is 0 Å². The number of hydrogen-bond donors (Lipinski definition) is 1. The molecule has 1 heterocycles. The minimum Gasteiger partial charge on any atom is -0.324 e. The summed E-state index contributed by atoms with van der Waals surface area (Å²) in [5, 5.41) is 10.1. The number of aldehydes is 1. The van der Waals surface area contributed by atoms with Gasteiger partial charge in [0.25, 0.3) is 0 Å². The van der Waals surface area contributed by atoms with Crippen LogP contribution in [0.4, 0.5) is 5.69 Å². The maximum Gasteiger partial charge on any atom is 0.246 e. The van der Waals surface area contributed by atoms with Crippen LogP contribution in [0.5, 0.6) is 0 Å². The molecule has 2 aromatic rings. The summed E-state index contributed by atoms with van der Waals surface area (Å²) in [7, 11) is 0. The van der Waals surface area contributed by atoms with Gasteiger partial charge in [-0.2, -0.15) is 0 Å². The van der Waals surface area contributed by atoms with Gasteiger partial charge in [-0.3, -0.25) is 9.59 Å². The number of rotatable bonds is 4. The molecule has 1 aromatic heterocycles. The molecule has 0 aliphatic rings. The molecule has 98 valence electrons. The first kappa shape index (κ1) is 12.9. The Labute approximate surface area is 110 Å². The van der Waals surface area contributed by atoms with Crippen LogP contribution in [-0.4, -0.2) is 27.2 Å². The zero-order chi connectivity index (χ0) is 13.8. The maximum atomic E-state index is 11.8. The van der Waals surface area contributed by atoms with Crippen molar-refractivity contribution in [1.82, 2.24) is 15.0 Å². The number of nitrogens with zero attached hydrogens (tertiary/aromatic N) is 3. The lowest BCUT2D eigenvalue weighted by Gasteiger charge is -2.08. The Morgan fingerprint density at radius 2 is 2.21 bits per heavy atom. The van der Waals surface area contributed by atoms with E-state index in [-0.39, 0.29) is 18.1 Å². The molecule has 6 heteroatoms. The first-order valence-electron chi connectivity index (χ1n) is 5.81. The number of nitrogens with one attached hydrogen (secondary N) is 1. The van der Waals surface area contributed by atoms with Crippen molar-refractivity contribution in [1.29, 1.82) is 0 Å². The normalized spacial score (nSPS) is 10.2. The molecule has 19 heavy (non-hydrogen) atoms. The number of aryl methyl sites for hydroxylation is 2. The van der Waals surface area contributed by atoms with Gasteiger partial charge in [-0.05, 0) is 25.5 Å². The molecule has 6 nitrogen and oxygen atoms in total. The molecule has 1 amide bonds. The highest BCUT2D eigenvalue weighted by Crippen LogP contribution is 2.15. The zero-order valence-electron chi connectivity index (χ0n) is 10.8. The average Bonchev–Trinajstić information content (AvgIpc) is 2.80. The van der Waals surface area contributed by atoms with E-state index in [4.69, 9.17) is 0 Å². The van der Waals surface area contributed by atoms with E-state index < -0.39 is 0 Å². The predicted octanol–water partition coefficient (Wildman–Crippen LogP) is 1.35. The van der Waals surface area contributed by atoms with Gasteiger partial charge in [0.2, 0.25) is 5.91 Å². The largest absolute Gasteiger partial charge is 0.324 e. The molecule has 0 unspecified atom stereocenters. The summed E-state index contributed by atoms with van der Waals surface area (Å²) in [5.74, 6) is -0.214. The molecule has 0 bridgehead atoms. The fourth-order valence-electron chi connectivity index (χ4n) is 1.74. The summed E-state index contributed by atoms with van der Waals surface area (Å²) in [5.41, 5.74) is 3.12. The fourth-order valence-corrected chi connectivity index (χ4v) is 1.74. The monoisotopic (exact) mass is 258 g/mol. The molecule has 0 saturated carbocycles. The topological polar surface area (TPSA) is 76.9 Å². The lowest BCUT2D eigenvalue weighted by atomic mass is 10.1. The lowest BCUT2D eigenvalue weighted by Crippen LogP contribution is -2.19. The highest BCUT2D eigenvalue weighted by Gasteiger charge is 2.07. The number of carbonyl (C=O) groups excluding carboxylic acids is 2. The van der Waals surface area contributed by atoms with Crippen molar-refractivity contribution in [3.63, 3.8) is 0 Å². The van der Waals surface area contributed by atoms with E-state index in [1.165, 1.54) is 10.9 Å². The van der Waals surface area contributed by atoms with Crippen LogP contribution in [0, 0.1) is 13.8 Å². The summed E-state index contributed by atoms with van der Waals surface area (Å²) >= 11 is 0. The van der Waals surface area contributed by atoms with Crippen molar-refractivity contribution >= 4 is 17.9 Å². The van der Waals surface area contributed by atoms with E-state index in [0.717, 1.165) is 16.8 Å². The van der Waals surface area contributed by atoms with Crippen molar-refractivity contribution in [2.24, 2.45) is 0 Å². The van der Waals surface area contributed by atoms with Crippen molar-refractivity contribution in [3.05, 3.63) is 41.2 Å². The fraction of sp³-hybridized carbons (Fsp3) is 0.231. The standard InChI is InChI=1S/C13H14N4O2/c1-9-3-4-12(10(2)5-9)14-13(19)7-17-6-11(8-18)15-16-17/h3-6,8H,7H2,1-2H3,(H,14,19). The molecule has 2 rings (SSSR count). The molecular formula is C13H14N4O2. The van der Waals surface area contributed by atoms with Gasteiger partial charge in [0.15, 0.2) is 6.29 Å². The molecule has 1 N–H and O–H groups in total. The van der Waals surface area contributed by atoms with Gasteiger partial charge in [-0.15, -0.1) is 5.10 Å². The number of anilines is 1. The van der Waals surface area contributed by atoms with Gasteiger partial charge in [0.1, 0.15) is 12.2 Å². The average molecular weight is 258 g/mol. The SMILES string of the molecule is Cc1ccc(NC(=O)Cn2cc(C=O)nn2)c(C)c1. The molecule has 1 aromatic carbocycles. The zero-order valence-corrected chi connectivity index (χ0v) is 10.8. The van der Waals surface area contributed by atoms with Crippen LogP contribution in [0.3, 0.4) is 0 Å². The number of amides is 1. The lowest BCUT2D eigenvalue weighted by molar-refractivity contribution is -0.116. The Bertz CT molecular complexity index is 619. The highest BCUT2D eigenvalue weighted by atomic mass is 16.2. The second-order valence-electron chi connectivity index (χ2n) is 4.33. The van der Waals surface area contributed by atoms with Crippen LogP contribution in [-0.2, 0) is 11.3 Å². The Morgan fingerprint density at radius 1 is 1.42 bits per heavy atom. The molecule has 0 spiro atoms. The highest BCUT2D eigenvalue weighted by molar-refractivity contribution is 5.91. The third-order valence-electron chi connectivity index (χ3n) is 2.64. The number of aromatic nitrogens is 3. The quantitative estimate of drug-likeness (QED) is 0.840. The van der Waals surface area contributed by atoms with Crippen molar-refractivity contribution < 1.29 is 9.59 Å². The van der Waals surface area contributed by atoms with Gasteiger partial charge in [0.05, 0.1) is 6.20 Å². The van der Waals surface area contributed by atoms with Gasteiger partial charge in [0, 0.05) is 5.69 Å². The summed E-state index contributed by atoms with van der Waals surface area (Å²) in [4.78, 5) is 22.3. The molecular weight excluding hydrogens is 244 g/mol. The predicted molar refractivity (Wildman–Crippen MR) is 70.0 cm³/mol.